The maximum absolute atomic E-state index is 12.5. The molecule has 1 atom stereocenters. The Kier molecular flexibility index (Phi) is 6.53. The van der Waals surface area contributed by atoms with Crippen LogP contribution in [0, 0.1) is 17.3 Å². The third-order valence-electron chi connectivity index (χ3n) is 5.17. The van der Waals surface area contributed by atoms with Crippen LogP contribution in [0.5, 0.6) is 5.75 Å². The minimum Gasteiger partial charge on any atom is -0.494 e. The highest BCUT2D eigenvalue weighted by atomic mass is 35.5. The summed E-state index contributed by atoms with van der Waals surface area (Å²) >= 11 is 0. The van der Waals surface area contributed by atoms with Gasteiger partial charge in [0.05, 0.1) is 6.61 Å². The maximum atomic E-state index is 12.5. The van der Waals surface area contributed by atoms with Crippen molar-refractivity contribution in [1.29, 1.82) is 0 Å². The van der Waals surface area contributed by atoms with Crippen LogP contribution in [0.2, 0.25) is 0 Å². The highest BCUT2D eigenvalue weighted by Gasteiger charge is 2.57. The lowest BCUT2D eigenvalue weighted by Gasteiger charge is -2.23. The second-order valence-electron chi connectivity index (χ2n) is 7.42. The second kappa shape index (κ2) is 8.21. The van der Waals surface area contributed by atoms with Crippen molar-refractivity contribution in [2.24, 2.45) is 17.3 Å². The van der Waals surface area contributed by atoms with E-state index in [0.29, 0.717) is 12.5 Å². The van der Waals surface area contributed by atoms with Gasteiger partial charge in [-0.05, 0) is 62.2 Å². The summed E-state index contributed by atoms with van der Waals surface area (Å²) in [7, 11) is 0. The summed E-state index contributed by atoms with van der Waals surface area (Å²) < 4.78 is 5.77. The first-order valence-electron chi connectivity index (χ1n) is 8.83. The van der Waals surface area contributed by atoms with Crippen molar-refractivity contribution in [3.8, 4) is 5.75 Å². The first-order chi connectivity index (χ1) is 11.1. The Morgan fingerprint density at radius 2 is 2.12 bits per heavy atom. The van der Waals surface area contributed by atoms with Gasteiger partial charge in [-0.15, -0.1) is 12.4 Å². The van der Waals surface area contributed by atoms with Gasteiger partial charge in [0.25, 0.3) is 0 Å². The number of ether oxygens (including phenoxy) is 1. The molecule has 0 bridgehead atoms. The summed E-state index contributed by atoms with van der Waals surface area (Å²) in [5.41, 5.74) is 1.12. The zero-order chi connectivity index (χ0) is 16.3. The Morgan fingerprint density at radius 3 is 2.83 bits per heavy atom. The van der Waals surface area contributed by atoms with Crippen molar-refractivity contribution >= 4 is 24.0 Å². The van der Waals surface area contributed by atoms with E-state index in [1.165, 1.54) is 0 Å². The number of benzene rings is 1. The van der Waals surface area contributed by atoms with E-state index in [9.17, 15) is 4.79 Å². The molecule has 1 saturated carbocycles. The minimum atomic E-state index is 0. The first kappa shape index (κ1) is 19.1. The predicted octanol–water partition coefficient (Wildman–Crippen LogP) is 3.86. The number of anilines is 1. The van der Waals surface area contributed by atoms with Crippen molar-refractivity contribution in [3.63, 3.8) is 0 Å². The molecule has 1 heterocycles. The number of halogens is 1. The number of nitrogens with one attached hydrogen (secondary N) is 2. The first-order valence-corrected chi connectivity index (χ1v) is 8.83. The average molecular weight is 353 g/mol. The van der Waals surface area contributed by atoms with Crippen LogP contribution in [0.25, 0.3) is 0 Å². The van der Waals surface area contributed by atoms with Gasteiger partial charge in [0.1, 0.15) is 5.75 Å². The van der Waals surface area contributed by atoms with Gasteiger partial charge in [0.2, 0.25) is 5.91 Å². The summed E-state index contributed by atoms with van der Waals surface area (Å²) in [5.74, 6) is 1.83. The van der Waals surface area contributed by atoms with Gasteiger partial charge in [-0.25, -0.2) is 0 Å². The van der Waals surface area contributed by atoms with Crippen molar-refractivity contribution in [1.82, 2.24) is 5.32 Å². The molecule has 1 aromatic rings. The molecule has 1 unspecified atom stereocenters. The maximum Gasteiger partial charge on any atom is 0.228 e. The van der Waals surface area contributed by atoms with E-state index in [1.807, 2.05) is 24.3 Å². The van der Waals surface area contributed by atoms with Crippen LogP contribution in [0.3, 0.4) is 0 Å². The van der Waals surface area contributed by atoms with Crippen LogP contribution in [0.4, 0.5) is 5.69 Å². The monoisotopic (exact) mass is 352 g/mol. The van der Waals surface area contributed by atoms with Crippen LogP contribution in [0.15, 0.2) is 24.3 Å². The van der Waals surface area contributed by atoms with E-state index >= 15 is 0 Å². The third-order valence-corrected chi connectivity index (χ3v) is 5.17. The SMILES string of the molecule is CC(C)CCOc1cccc(NC(=O)C2CC23CCNCC3)c1.Cl. The van der Waals surface area contributed by atoms with Crippen LogP contribution in [-0.4, -0.2) is 25.6 Å². The van der Waals surface area contributed by atoms with Crippen molar-refractivity contribution in [2.75, 3.05) is 25.0 Å². The largest absolute Gasteiger partial charge is 0.494 e. The van der Waals surface area contributed by atoms with E-state index in [0.717, 1.165) is 50.2 Å². The minimum absolute atomic E-state index is 0. The summed E-state index contributed by atoms with van der Waals surface area (Å²) in [4.78, 5) is 12.5. The van der Waals surface area contributed by atoms with Gasteiger partial charge in [0.15, 0.2) is 0 Å². The van der Waals surface area contributed by atoms with E-state index in [-0.39, 0.29) is 29.6 Å². The molecule has 1 aromatic carbocycles. The Balaban J connectivity index is 0.00000208. The number of carbonyl (C=O) groups excluding carboxylic acids is 1. The molecule has 2 N–H and O–H groups in total. The fourth-order valence-electron chi connectivity index (χ4n) is 3.50. The molecule has 1 saturated heterocycles. The number of piperidine rings is 1. The molecule has 1 aliphatic heterocycles. The average Bonchev–Trinajstić information content (AvgIpc) is 3.21. The quantitative estimate of drug-likeness (QED) is 0.817. The van der Waals surface area contributed by atoms with E-state index in [4.69, 9.17) is 4.74 Å². The number of hydrogen-bond donors (Lipinski definition) is 2. The van der Waals surface area contributed by atoms with Gasteiger partial charge in [-0.2, -0.15) is 0 Å². The van der Waals surface area contributed by atoms with Crippen molar-refractivity contribution < 1.29 is 9.53 Å². The van der Waals surface area contributed by atoms with Crippen molar-refractivity contribution in [3.05, 3.63) is 24.3 Å². The van der Waals surface area contributed by atoms with Crippen LogP contribution >= 0.6 is 12.4 Å². The topological polar surface area (TPSA) is 50.4 Å². The molecule has 134 valence electrons. The highest BCUT2D eigenvalue weighted by Crippen LogP contribution is 2.58. The lowest BCUT2D eigenvalue weighted by molar-refractivity contribution is -0.118. The Labute approximate surface area is 151 Å². The van der Waals surface area contributed by atoms with Gasteiger partial charge in [-0.1, -0.05) is 19.9 Å². The lowest BCUT2D eigenvalue weighted by Crippen LogP contribution is -2.31. The Morgan fingerprint density at radius 1 is 1.38 bits per heavy atom. The molecule has 1 aliphatic carbocycles. The smallest absolute Gasteiger partial charge is 0.228 e. The van der Waals surface area contributed by atoms with Gasteiger partial charge in [0, 0.05) is 17.7 Å². The standard InChI is InChI=1S/C19H28N2O2.ClH/c1-14(2)6-11-23-16-5-3-4-15(12-16)21-18(22)17-13-19(17)7-9-20-10-8-19;/h3-5,12,14,17,20H,6-11,13H2,1-2H3,(H,21,22);1H. The van der Waals surface area contributed by atoms with Crippen LogP contribution < -0.4 is 15.4 Å². The van der Waals surface area contributed by atoms with Gasteiger partial charge < -0.3 is 15.4 Å². The normalized spacial score (nSPS) is 21.2. The van der Waals surface area contributed by atoms with Crippen LogP contribution in [0.1, 0.15) is 39.5 Å². The van der Waals surface area contributed by atoms with E-state index in [2.05, 4.69) is 24.5 Å². The molecule has 1 spiro atoms. The highest BCUT2D eigenvalue weighted by molar-refractivity contribution is 5.95. The van der Waals surface area contributed by atoms with E-state index in [1.54, 1.807) is 0 Å². The molecule has 4 nitrogen and oxygen atoms in total. The summed E-state index contributed by atoms with van der Waals surface area (Å²) in [6.45, 7) is 7.18. The van der Waals surface area contributed by atoms with Gasteiger partial charge >= 0.3 is 0 Å². The predicted molar refractivity (Wildman–Crippen MR) is 99.9 cm³/mol. The molecule has 2 fully saturated rings. The second-order valence-corrected chi connectivity index (χ2v) is 7.42. The van der Waals surface area contributed by atoms with Crippen molar-refractivity contribution in [2.45, 2.75) is 39.5 Å². The molecule has 3 rings (SSSR count). The molecule has 5 heteroatoms. The zero-order valence-corrected chi connectivity index (χ0v) is 15.5. The number of amides is 1. The molecular formula is C19H29ClN2O2. The molecule has 2 aliphatic rings. The summed E-state index contributed by atoms with van der Waals surface area (Å²) in [5, 5.41) is 6.45. The number of hydrogen-bond acceptors (Lipinski definition) is 3. The molecule has 0 aromatic heterocycles. The Bertz CT molecular complexity index is 556. The number of rotatable bonds is 6. The zero-order valence-electron chi connectivity index (χ0n) is 14.6. The summed E-state index contributed by atoms with van der Waals surface area (Å²) in [6.07, 6.45) is 4.34. The lowest BCUT2D eigenvalue weighted by atomic mass is 9.92. The molecular weight excluding hydrogens is 324 g/mol. The Hall–Kier alpha value is -1.26. The van der Waals surface area contributed by atoms with E-state index < -0.39 is 0 Å². The molecule has 0 radical (unpaired) electrons. The van der Waals surface area contributed by atoms with Gasteiger partial charge in [-0.3, -0.25) is 4.79 Å². The molecule has 24 heavy (non-hydrogen) atoms. The summed E-state index contributed by atoms with van der Waals surface area (Å²) in [6, 6.07) is 7.75. The third kappa shape index (κ3) is 4.64. The number of carbonyl (C=O) groups is 1. The fourth-order valence-corrected chi connectivity index (χ4v) is 3.50. The fraction of sp³-hybridized carbons (Fsp3) is 0.632. The molecule has 1 amide bonds. The van der Waals surface area contributed by atoms with Crippen LogP contribution in [-0.2, 0) is 4.79 Å².